The van der Waals surface area contributed by atoms with Crippen molar-refractivity contribution < 1.29 is 0 Å². The summed E-state index contributed by atoms with van der Waals surface area (Å²) in [6, 6.07) is 10.0. The van der Waals surface area contributed by atoms with Crippen molar-refractivity contribution in [2.75, 3.05) is 5.32 Å². The van der Waals surface area contributed by atoms with E-state index in [9.17, 15) is 4.79 Å². The lowest BCUT2D eigenvalue weighted by molar-refractivity contribution is 0.847. The van der Waals surface area contributed by atoms with Crippen LogP contribution in [0.5, 0.6) is 0 Å². The minimum Gasteiger partial charge on any atom is -0.354 e. The van der Waals surface area contributed by atoms with Gasteiger partial charge in [-0.3, -0.25) is 4.79 Å². The molecule has 1 unspecified atom stereocenters. The monoisotopic (exact) mass is 346 g/mol. The molecule has 5 nitrogen and oxygen atoms in total. The fraction of sp³-hybridized carbons (Fsp3) is 0.312. The first-order chi connectivity index (χ1) is 11.0. The van der Waals surface area contributed by atoms with E-state index in [4.69, 9.17) is 0 Å². The highest BCUT2D eigenvalue weighted by molar-refractivity contribution is 7.99. The molecule has 1 aromatic carbocycles. The molecule has 2 heterocycles. The third-order valence-corrected chi connectivity index (χ3v) is 5.13. The summed E-state index contributed by atoms with van der Waals surface area (Å²) in [4.78, 5) is 17.7. The van der Waals surface area contributed by atoms with Crippen LogP contribution < -0.4 is 10.9 Å². The molecule has 0 bridgehead atoms. The van der Waals surface area contributed by atoms with Gasteiger partial charge in [-0.25, -0.2) is 4.98 Å². The minimum atomic E-state index is -0.165. The molecule has 23 heavy (non-hydrogen) atoms. The standard InChI is InChI=1S/C16H18N4OS2/c1-10(2)22-13-6-4-12(5-7-13)11(3)18-15-19-20-14(21)8-9-17-16(20)23-15/h4-11H,1-3H3,(H,18,19). The van der Waals surface area contributed by atoms with Crippen LogP contribution in [0.15, 0.2) is 46.2 Å². The summed E-state index contributed by atoms with van der Waals surface area (Å²) in [6.07, 6.45) is 1.51. The summed E-state index contributed by atoms with van der Waals surface area (Å²) in [5.74, 6) is 0. The number of fused-ring (bicyclic) bond motifs is 1. The van der Waals surface area contributed by atoms with Gasteiger partial charge >= 0.3 is 0 Å². The van der Waals surface area contributed by atoms with Crippen LogP contribution in [0.2, 0.25) is 0 Å². The van der Waals surface area contributed by atoms with Crippen LogP contribution in [-0.2, 0) is 0 Å². The Morgan fingerprint density at radius 1 is 1.17 bits per heavy atom. The molecule has 120 valence electrons. The summed E-state index contributed by atoms with van der Waals surface area (Å²) in [5, 5.41) is 8.88. The van der Waals surface area contributed by atoms with Gasteiger partial charge < -0.3 is 5.32 Å². The molecular formula is C16H18N4OS2. The van der Waals surface area contributed by atoms with Gasteiger partial charge in [0.25, 0.3) is 5.56 Å². The topological polar surface area (TPSA) is 59.3 Å². The number of benzene rings is 1. The average Bonchev–Trinajstić information content (AvgIpc) is 2.91. The lowest BCUT2D eigenvalue weighted by Crippen LogP contribution is -2.13. The van der Waals surface area contributed by atoms with Gasteiger partial charge in [-0.2, -0.15) is 4.52 Å². The van der Waals surface area contributed by atoms with E-state index in [2.05, 4.69) is 60.4 Å². The fourth-order valence-electron chi connectivity index (χ4n) is 2.18. The van der Waals surface area contributed by atoms with Crippen LogP contribution in [0.1, 0.15) is 32.4 Å². The second kappa shape index (κ2) is 6.72. The van der Waals surface area contributed by atoms with E-state index in [-0.39, 0.29) is 11.6 Å². The first kappa shape index (κ1) is 16.0. The van der Waals surface area contributed by atoms with E-state index in [0.717, 1.165) is 0 Å². The van der Waals surface area contributed by atoms with Crippen molar-refractivity contribution in [1.29, 1.82) is 0 Å². The zero-order valence-electron chi connectivity index (χ0n) is 13.2. The number of hydrogen-bond acceptors (Lipinski definition) is 6. The first-order valence-electron chi connectivity index (χ1n) is 7.41. The van der Waals surface area contributed by atoms with Gasteiger partial charge in [-0.1, -0.05) is 37.3 Å². The number of nitrogens with zero attached hydrogens (tertiary/aromatic N) is 3. The van der Waals surface area contributed by atoms with Gasteiger partial charge in [0.1, 0.15) is 0 Å². The molecule has 0 aliphatic heterocycles. The Kier molecular flexibility index (Phi) is 4.68. The predicted octanol–water partition coefficient (Wildman–Crippen LogP) is 3.82. The molecule has 2 aromatic heterocycles. The van der Waals surface area contributed by atoms with Crippen LogP contribution in [0, 0.1) is 0 Å². The lowest BCUT2D eigenvalue weighted by Gasteiger charge is -2.13. The molecule has 0 aliphatic rings. The molecule has 0 spiro atoms. The van der Waals surface area contributed by atoms with Gasteiger partial charge in [0, 0.05) is 22.4 Å². The molecule has 3 rings (SSSR count). The largest absolute Gasteiger partial charge is 0.354 e. The van der Waals surface area contributed by atoms with Crippen LogP contribution in [-0.4, -0.2) is 19.8 Å². The van der Waals surface area contributed by atoms with Crippen LogP contribution in [0.3, 0.4) is 0 Å². The van der Waals surface area contributed by atoms with E-state index in [0.29, 0.717) is 15.3 Å². The van der Waals surface area contributed by atoms with E-state index in [1.54, 1.807) is 0 Å². The highest BCUT2D eigenvalue weighted by atomic mass is 32.2. The number of nitrogens with one attached hydrogen (secondary N) is 1. The second-order valence-corrected chi connectivity index (χ2v) is 8.09. The van der Waals surface area contributed by atoms with E-state index in [1.807, 2.05) is 11.8 Å². The van der Waals surface area contributed by atoms with Gasteiger partial charge in [0.15, 0.2) is 0 Å². The summed E-state index contributed by atoms with van der Waals surface area (Å²) < 4.78 is 1.32. The van der Waals surface area contributed by atoms with Gasteiger partial charge in [0.05, 0.1) is 6.04 Å². The van der Waals surface area contributed by atoms with E-state index >= 15 is 0 Å². The average molecular weight is 346 g/mol. The minimum absolute atomic E-state index is 0.101. The van der Waals surface area contributed by atoms with Crippen molar-refractivity contribution in [3.8, 4) is 0 Å². The maximum Gasteiger partial charge on any atom is 0.275 e. The maximum atomic E-state index is 11.7. The molecule has 0 saturated heterocycles. The predicted molar refractivity (Wildman–Crippen MR) is 96.6 cm³/mol. The van der Waals surface area contributed by atoms with Gasteiger partial charge in [0.2, 0.25) is 10.1 Å². The summed E-state index contributed by atoms with van der Waals surface area (Å²) in [6.45, 7) is 6.45. The van der Waals surface area contributed by atoms with Crippen LogP contribution >= 0.6 is 23.1 Å². The molecule has 7 heteroatoms. The maximum absolute atomic E-state index is 11.7. The zero-order valence-corrected chi connectivity index (χ0v) is 14.8. The number of hydrogen-bond donors (Lipinski definition) is 1. The van der Waals surface area contributed by atoms with Crippen molar-refractivity contribution in [3.63, 3.8) is 0 Å². The Balaban J connectivity index is 1.76. The Labute approximate surface area is 142 Å². The molecule has 3 aromatic rings. The van der Waals surface area contributed by atoms with E-state index < -0.39 is 0 Å². The fourth-order valence-corrected chi connectivity index (χ4v) is 3.88. The van der Waals surface area contributed by atoms with Crippen molar-refractivity contribution in [3.05, 3.63) is 52.4 Å². The van der Waals surface area contributed by atoms with Crippen molar-refractivity contribution in [2.45, 2.75) is 37.0 Å². The van der Waals surface area contributed by atoms with Crippen molar-refractivity contribution in [1.82, 2.24) is 14.6 Å². The number of aromatic nitrogens is 3. The smallest absolute Gasteiger partial charge is 0.275 e. The molecule has 0 fully saturated rings. The zero-order chi connectivity index (χ0) is 16.4. The summed E-state index contributed by atoms with van der Waals surface area (Å²) in [5.41, 5.74) is 1.01. The Bertz CT molecular complexity index is 854. The second-order valence-electron chi connectivity index (χ2n) is 5.49. The normalized spacial score (nSPS) is 12.7. The molecular weight excluding hydrogens is 328 g/mol. The third-order valence-electron chi connectivity index (χ3n) is 3.26. The lowest BCUT2D eigenvalue weighted by atomic mass is 10.1. The molecule has 1 atom stereocenters. The first-order valence-corrected chi connectivity index (χ1v) is 9.10. The Morgan fingerprint density at radius 3 is 2.57 bits per heavy atom. The number of thioether (sulfide) groups is 1. The summed E-state index contributed by atoms with van der Waals surface area (Å²) >= 11 is 3.22. The van der Waals surface area contributed by atoms with Crippen molar-refractivity contribution >= 4 is 33.2 Å². The Morgan fingerprint density at radius 2 is 1.91 bits per heavy atom. The Hall–Kier alpha value is -1.86. The molecule has 0 saturated carbocycles. The quantitative estimate of drug-likeness (QED) is 0.712. The highest BCUT2D eigenvalue weighted by Gasteiger charge is 2.11. The number of anilines is 1. The molecule has 0 radical (unpaired) electrons. The molecule has 0 amide bonds. The van der Waals surface area contributed by atoms with Crippen molar-refractivity contribution in [2.24, 2.45) is 0 Å². The summed E-state index contributed by atoms with van der Waals surface area (Å²) in [7, 11) is 0. The van der Waals surface area contributed by atoms with E-state index in [1.165, 1.54) is 38.6 Å². The molecule has 0 aliphatic carbocycles. The van der Waals surface area contributed by atoms with Crippen LogP contribution in [0.4, 0.5) is 5.13 Å². The SMILES string of the molecule is CC(C)Sc1ccc(C(C)Nc2nn3c(=O)ccnc3s2)cc1. The van der Waals surface area contributed by atoms with Gasteiger partial charge in [-0.05, 0) is 24.6 Å². The highest BCUT2D eigenvalue weighted by Crippen LogP contribution is 2.26. The van der Waals surface area contributed by atoms with Crippen LogP contribution in [0.25, 0.3) is 4.96 Å². The third kappa shape index (κ3) is 3.73. The molecule has 1 N–H and O–H groups in total. The van der Waals surface area contributed by atoms with Gasteiger partial charge in [-0.15, -0.1) is 16.9 Å². The number of rotatable bonds is 5.